The molecule has 0 aliphatic carbocycles. The highest BCUT2D eigenvalue weighted by molar-refractivity contribution is 5.68. The third kappa shape index (κ3) is 3.17. The van der Waals surface area contributed by atoms with E-state index in [0.717, 1.165) is 11.3 Å². The Morgan fingerprint density at radius 2 is 1.72 bits per heavy atom. The number of halogens is 1. The Morgan fingerprint density at radius 1 is 1.00 bits per heavy atom. The number of benzene rings is 1. The maximum absolute atomic E-state index is 12.9. The fourth-order valence-electron chi connectivity index (χ4n) is 1.58. The molecule has 0 N–H and O–H groups in total. The van der Waals surface area contributed by atoms with Crippen LogP contribution in [0.5, 0.6) is 0 Å². The predicted octanol–water partition coefficient (Wildman–Crippen LogP) is 3.46. The van der Waals surface area contributed by atoms with Gasteiger partial charge in [0.25, 0.3) is 0 Å². The number of hydrogen-bond acceptors (Lipinski definition) is 2. The van der Waals surface area contributed by atoms with Crippen molar-refractivity contribution in [3.63, 3.8) is 0 Å². The van der Waals surface area contributed by atoms with Crippen molar-refractivity contribution in [2.75, 3.05) is 19.0 Å². The van der Waals surface area contributed by atoms with Crippen molar-refractivity contribution in [3.05, 3.63) is 59.7 Å². The lowest BCUT2D eigenvalue weighted by Crippen LogP contribution is -2.07. The molecular formula is C15H15FN2. The standard InChI is InChI=1S/C15H15FN2/c1-18(2)14-10-7-12(8-11-14)6-9-13-4-3-5-15(16)17-13/h3-11H,1-2H3. The Balaban J connectivity index is 2.14. The van der Waals surface area contributed by atoms with E-state index in [4.69, 9.17) is 0 Å². The fraction of sp³-hybridized carbons (Fsp3) is 0.133. The lowest BCUT2D eigenvalue weighted by molar-refractivity contribution is 0.583. The number of anilines is 1. The highest BCUT2D eigenvalue weighted by Crippen LogP contribution is 2.14. The van der Waals surface area contributed by atoms with Gasteiger partial charge in [-0.15, -0.1) is 0 Å². The molecule has 0 aliphatic rings. The Hall–Kier alpha value is -2.16. The molecule has 0 unspecified atom stereocenters. The van der Waals surface area contributed by atoms with Gasteiger partial charge in [-0.3, -0.25) is 0 Å². The molecule has 1 heterocycles. The fourth-order valence-corrected chi connectivity index (χ4v) is 1.58. The van der Waals surface area contributed by atoms with Crippen molar-refractivity contribution < 1.29 is 4.39 Å². The van der Waals surface area contributed by atoms with Gasteiger partial charge in [0.1, 0.15) is 0 Å². The molecule has 0 atom stereocenters. The average molecular weight is 242 g/mol. The number of nitrogens with zero attached hydrogens (tertiary/aromatic N) is 2. The summed E-state index contributed by atoms with van der Waals surface area (Å²) in [5, 5.41) is 0. The maximum Gasteiger partial charge on any atom is 0.213 e. The molecule has 0 saturated carbocycles. The summed E-state index contributed by atoms with van der Waals surface area (Å²) in [5.41, 5.74) is 2.83. The van der Waals surface area contributed by atoms with Gasteiger partial charge in [-0.1, -0.05) is 24.3 Å². The second-order valence-electron chi connectivity index (χ2n) is 4.20. The van der Waals surface area contributed by atoms with Gasteiger partial charge in [-0.05, 0) is 35.9 Å². The zero-order chi connectivity index (χ0) is 13.0. The molecular weight excluding hydrogens is 227 g/mol. The van der Waals surface area contributed by atoms with Crippen LogP contribution in [0.15, 0.2) is 42.5 Å². The summed E-state index contributed by atoms with van der Waals surface area (Å²) in [7, 11) is 4.00. The summed E-state index contributed by atoms with van der Waals surface area (Å²) >= 11 is 0. The molecule has 3 heteroatoms. The van der Waals surface area contributed by atoms with E-state index in [0.29, 0.717) is 5.69 Å². The molecule has 2 aromatic rings. The van der Waals surface area contributed by atoms with Gasteiger partial charge < -0.3 is 4.90 Å². The van der Waals surface area contributed by atoms with Gasteiger partial charge in [-0.2, -0.15) is 4.39 Å². The summed E-state index contributed by atoms with van der Waals surface area (Å²) in [4.78, 5) is 5.82. The topological polar surface area (TPSA) is 16.1 Å². The molecule has 1 aromatic carbocycles. The van der Waals surface area contributed by atoms with Crippen LogP contribution in [0, 0.1) is 5.95 Å². The first kappa shape index (κ1) is 12.3. The highest BCUT2D eigenvalue weighted by Gasteiger charge is 1.95. The minimum Gasteiger partial charge on any atom is -0.378 e. The van der Waals surface area contributed by atoms with Gasteiger partial charge in [-0.25, -0.2) is 4.98 Å². The minimum absolute atomic E-state index is 0.458. The first-order valence-corrected chi connectivity index (χ1v) is 5.73. The first-order chi connectivity index (χ1) is 8.65. The monoisotopic (exact) mass is 242 g/mol. The summed E-state index contributed by atoms with van der Waals surface area (Å²) < 4.78 is 12.9. The molecule has 0 bridgehead atoms. The third-order valence-corrected chi connectivity index (χ3v) is 2.59. The second kappa shape index (κ2) is 5.45. The smallest absolute Gasteiger partial charge is 0.213 e. The molecule has 92 valence electrons. The molecule has 18 heavy (non-hydrogen) atoms. The van der Waals surface area contributed by atoms with Crippen LogP contribution in [0.25, 0.3) is 12.2 Å². The number of pyridine rings is 1. The lowest BCUT2D eigenvalue weighted by Gasteiger charge is -2.11. The quantitative estimate of drug-likeness (QED) is 0.766. The van der Waals surface area contributed by atoms with Gasteiger partial charge in [0.15, 0.2) is 0 Å². The molecule has 0 aliphatic heterocycles. The van der Waals surface area contributed by atoms with Gasteiger partial charge in [0, 0.05) is 19.8 Å². The lowest BCUT2D eigenvalue weighted by atomic mass is 10.1. The third-order valence-electron chi connectivity index (χ3n) is 2.59. The predicted molar refractivity (Wildman–Crippen MR) is 73.9 cm³/mol. The Bertz CT molecular complexity index is 545. The van der Waals surface area contributed by atoms with Crippen LogP contribution < -0.4 is 4.90 Å². The van der Waals surface area contributed by atoms with E-state index in [2.05, 4.69) is 4.98 Å². The highest BCUT2D eigenvalue weighted by atomic mass is 19.1. The summed E-state index contributed by atoms with van der Waals surface area (Å²) in [5.74, 6) is -0.458. The number of aromatic nitrogens is 1. The average Bonchev–Trinajstić information content (AvgIpc) is 2.37. The summed E-state index contributed by atoms with van der Waals surface area (Å²) in [6.45, 7) is 0. The normalized spacial score (nSPS) is 10.8. The van der Waals surface area contributed by atoms with Crippen molar-refractivity contribution in [1.82, 2.24) is 4.98 Å². The SMILES string of the molecule is CN(C)c1ccc(C=Cc2cccc(F)n2)cc1. The van der Waals surface area contributed by atoms with Crippen molar-refractivity contribution >= 4 is 17.8 Å². The van der Waals surface area contributed by atoms with Crippen LogP contribution in [0.4, 0.5) is 10.1 Å². The van der Waals surface area contributed by atoms with Crippen molar-refractivity contribution in [2.45, 2.75) is 0 Å². The van der Waals surface area contributed by atoms with E-state index in [1.807, 2.05) is 49.3 Å². The van der Waals surface area contributed by atoms with E-state index in [9.17, 15) is 4.39 Å². The largest absolute Gasteiger partial charge is 0.378 e. The second-order valence-corrected chi connectivity index (χ2v) is 4.20. The Morgan fingerprint density at radius 3 is 2.33 bits per heavy atom. The number of hydrogen-bond donors (Lipinski definition) is 0. The van der Waals surface area contributed by atoms with Crippen LogP contribution >= 0.6 is 0 Å². The molecule has 1 aromatic heterocycles. The summed E-state index contributed by atoms with van der Waals surface area (Å²) in [6, 6.07) is 12.9. The van der Waals surface area contributed by atoms with E-state index < -0.39 is 5.95 Å². The van der Waals surface area contributed by atoms with Crippen molar-refractivity contribution in [1.29, 1.82) is 0 Å². The van der Waals surface area contributed by atoms with Crippen LogP contribution in [-0.4, -0.2) is 19.1 Å². The van der Waals surface area contributed by atoms with E-state index in [1.165, 1.54) is 6.07 Å². The van der Waals surface area contributed by atoms with E-state index in [1.54, 1.807) is 18.2 Å². The Labute approximate surface area is 106 Å². The van der Waals surface area contributed by atoms with Crippen LogP contribution in [-0.2, 0) is 0 Å². The van der Waals surface area contributed by atoms with E-state index in [-0.39, 0.29) is 0 Å². The summed E-state index contributed by atoms with van der Waals surface area (Å²) in [6.07, 6.45) is 3.72. The van der Waals surface area contributed by atoms with Gasteiger partial charge in [0.05, 0.1) is 5.69 Å². The van der Waals surface area contributed by atoms with Crippen LogP contribution in [0.1, 0.15) is 11.3 Å². The van der Waals surface area contributed by atoms with Gasteiger partial charge >= 0.3 is 0 Å². The molecule has 0 radical (unpaired) electrons. The zero-order valence-corrected chi connectivity index (χ0v) is 10.5. The molecule has 0 saturated heterocycles. The van der Waals surface area contributed by atoms with Crippen LogP contribution in [0.3, 0.4) is 0 Å². The molecule has 2 rings (SSSR count). The van der Waals surface area contributed by atoms with Crippen molar-refractivity contribution in [2.24, 2.45) is 0 Å². The van der Waals surface area contributed by atoms with Crippen molar-refractivity contribution in [3.8, 4) is 0 Å². The first-order valence-electron chi connectivity index (χ1n) is 5.73. The maximum atomic E-state index is 12.9. The molecule has 0 spiro atoms. The zero-order valence-electron chi connectivity index (χ0n) is 10.5. The van der Waals surface area contributed by atoms with E-state index >= 15 is 0 Å². The minimum atomic E-state index is -0.458. The number of rotatable bonds is 3. The van der Waals surface area contributed by atoms with Crippen LogP contribution in [0.2, 0.25) is 0 Å². The van der Waals surface area contributed by atoms with Gasteiger partial charge in [0.2, 0.25) is 5.95 Å². The molecule has 0 fully saturated rings. The molecule has 2 nitrogen and oxygen atoms in total. The Kier molecular flexibility index (Phi) is 3.72. The molecule has 0 amide bonds.